The van der Waals surface area contributed by atoms with E-state index in [1.807, 2.05) is 32.0 Å². The molecule has 0 aliphatic carbocycles. The molecular formula is C15H16N2O3. The second-order valence-corrected chi connectivity index (χ2v) is 4.66. The summed E-state index contributed by atoms with van der Waals surface area (Å²) in [6.45, 7) is 3.70. The van der Waals surface area contributed by atoms with Gasteiger partial charge in [0.15, 0.2) is 0 Å². The summed E-state index contributed by atoms with van der Waals surface area (Å²) in [6.07, 6.45) is 0. The second-order valence-electron chi connectivity index (χ2n) is 4.66. The number of nitrogens with two attached hydrogens (primary N) is 1. The molecule has 0 bridgehead atoms. The fourth-order valence-electron chi connectivity index (χ4n) is 1.92. The van der Waals surface area contributed by atoms with Crippen molar-refractivity contribution >= 4 is 5.69 Å². The van der Waals surface area contributed by atoms with Gasteiger partial charge in [-0.05, 0) is 31.5 Å². The van der Waals surface area contributed by atoms with E-state index in [2.05, 4.69) is 0 Å². The van der Waals surface area contributed by atoms with E-state index in [9.17, 15) is 10.1 Å². The molecular weight excluding hydrogens is 256 g/mol. The highest BCUT2D eigenvalue weighted by Gasteiger charge is 2.17. The number of hydrogen-bond donors (Lipinski definition) is 1. The van der Waals surface area contributed by atoms with Gasteiger partial charge in [-0.3, -0.25) is 10.1 Å². The van der Waals surface area contributed by atoms with Crippen LogP contribution in [0.1, 0.15) is 24.1 Å². The molecule has 0 aliphatic heterocycles. The molecule has 0 spiro atoms. The molecule has 0 aliphatic rings. The van der Waals surface area contributed by atoms with E-state index >= 15 is 0 Å². The summed E-state index contributed by atoms with van der Waals surface area (Å²) in [5, 5.41) is 11.0. The topological polar surface area (TPSA) is 78.4 Å². The Labute approximate surface area is 117 Å². The summed E-state index contributed by atoms with van der Waals surface area (Å²) in [4.78, 5) is 10.6. The molecule has 104 valence electrons. The Morgan fingerprint density at radius 2 is 1.90 bits per heavy atom. The van der Waals surface area contributed by atoms with Gasteiger partial charge in [-0.1, -0.05) is 24.3 Å². The van der Waals surface area contributed by atoms with E-state index in [4.69, 9.17) is 10.5 Å². The molecule has 2 aromatic rings. The van der Waals surface area contributed by atoms with Gasteiger partial charge in [0, 0.05) is 17.7 Å². The lowest BCUT2D eigenvalue weighted by molar-refractivity contribution is -0.385. The summed E-state index contributed by atoms with van der Waals surface area (Å²) < 4.78 is 5.72. The molecule has 20 heavy (non-hydrogen) atoms. The van der Waals surface area contributed by atoms with Crippen molar-refractivity contribution in [1.82, 2.24) is 0 Å². The smallest absolute Gasteiger partial charge is 0.311 e. The molecule has 0 amide bonds. The first kappa shape index (κ1) is 14.0. The number of benzene rings is 2. The third-order valence-corrected chi connectivity index (χ3v) is 2.94. The number of nitrogens with zero attached hydrogens (tertiary/aromatic N) is 1. The maximum atomic E-state index is 11.0. The van der Waals surface area contributed by atoms with Gasteiger partial charge >= 0.3 is 5.69 Å². The number of aryl methyl sites for hydroxylation is 1. The molecule has 0 saturated heterocycles. The van der Waals surface area contributed by atoms with E-state index in [-0.39, 0.29) is 17.5 Å². The van der Waals surface area contributed by atoms with Crippen LogP contribution in [0.5, 0.6) is 11.5 Å². The van der Waals surface area contributed by atoms with Gasteiger partial charge < -0.3 is 10.5 Å². The van der Waals surface area contributed by atoms with Crippen molar-refractivity contribution in [1.29, 1.82) is 0 Å². The van der Waals surface area contributed by atoms with Crippen LogP contribution >= 0.6 is 0 Å². The standard InChI is InChI=1S/C15H16N2O3/c1-10-7-8-13(17(18)19)15(9-10)20-14-6-4-3-5-12(14)11(2)16/h3-9,11H,16H2,1-2H3/t11-/m1/s1. The summed E-state index contributed by atoms with van der Waals surface area (Å²) in [5.74, 6) is 0.763. The van der Waals surface area contributed by atoms with Gasteiger partial charge in [0.05, 0.1) is 4.92 Å². The van der Waals surface area contributed by atoms with Crippen molar-refractivity contribution in [3.63, 3.8) is 0 Å². The molecule has 0 heterocycles. The van der Waals surface area contributed by atoms with Gasteiger partial charge in [-0.15, -0.1) is 0 Å². The third kappa shape index (κ3) is 2.95. The summed E-state index contributed by atoms with van der Waals surface area (Å²) >= 11 is 0. The fraction of sp³-hybridized carbons (Fsp3) is 0.200. The quantitative estimate of drug-likeness (QED) is 0.679. The molecule has 0 saturated carbocycles. The maximum absolute atomic E-state index is 11.0. The first-order chi connectivity index (χ1) is 9.49. The van der Waals surface area contributed by atoms with Crippen LogP contribution in [0.2, 0.25) is 0 Å². The highest BCUT2D eigenvalue weighted by atomic mass is 16.6. The number of nitro benzene ring substituents is 1. The molecule has 0 aromatic heterocycles. The van der Waals surface area contributed by atoms with Crippen LogP contribution in [0.4, 0.5) is 5.69 Å². The molecule has 0 radical (unpaired) electrons. The molecule has 0 fully saturated rings. The highest BCUT2D eigenvalue weighted by Crippen LogP contribution is 2.34. The lowest BCUT2D eigenvalue weighted by atomic mass is 10.1. The van der Waals surface area contributed by atoms with E-state index in [0.29, 0.717) is 5.75 Å². The zero-order chi connectivity index (χ0) is 14.7. The minimum Gasteiger partial charge on any atom is -0.450 e. The number of para-hydroxylation sites is 1. The number of ether oxygens (including phenoxy) is 1. The van der Waals surface area contributed by atoms with Crippen molar-refractivity contribution in [3.05, 3.63) is 63.7 Å². The Hall–Kier alpha value is -2.40. The first-order valence-electron chi connectivity index (χ1n) is 6.26. The number of rotatable bonds is 4. The van der Waals surface area contributed by atoms with Crippen LogP contribution in [0, 0.1) is 17.0 Å². The monoisotopic (exact) mass is 272 g/mol. The van der Waals surface area contributed by atoms with Crippen molar-refractivity contribution in [2.24, 2.45) is 5.73 Å². The SMILES string of the molecule is Cc1ccc([N+](=O)[O-])c(Oc2ccccc2[C@@H](C)N)c1. The molecule has 2 rings (SSSR count). The lowest BCUT2D eigenvalue weighted by Crippen LogP contribution is -2.06. The van der Waals surface area contributed by atoms with Crippen LogP contribution < -0.4 is 10.5 Å². The van der Waals surface area contributed by atoms with Crippen LogP contribution in [-0.4, -0.2) is 4.92 Å². The van der Waals surface area contributed by atoms with E-state index in [1.54, 1.807) is 18.2 Å². The third-order valence-electron chi connectivity index (χ3n) is 2.94. The molecule has 0 unspecified atom stereocenters. The van der Waals surface area contributed by atoms with Crippen LogP contribution in [0.25, 0.3) is 0 Å². The van der Waals surface area contributed by atoms with Gasteiger partial charge in [0.1, 0.15) is 5.75 Å². The summed E-state index contributed by atoms with van der Waals surface area (Å²) in [7, 11) is 0. The van der Waals surface area contributed by atoms with E-state index in [1.165, 1.54) is 6.07 Å². The normalized spacial score (nSPS) is 11.9. The average Bonchev–Trinajstić information content (AvgIpc) is 2.38. The van der Waals surface area contributed by atoms with Crippen LogP contribution in [-0.2, 0) is 0 Å². The Kier molecular flexibility index (Phi) is 4.00. The molecule has 2 aromatic carbocycles. The maximum Gasteiger partial charge on any atom is 0.311 e. The van der Waals surface area contributed by atoms with Crippen molar-refractivity contribution in [3.8, 4) is 11.5 Å². The molecule has 5 heteroatoms. The minimum absolute atomic E-state index is 0.0601. The average molecular weight is 272 g/mol. The van der Waals surface area contributed by atoms with Gasteiger partial charge in [0.2, 0.25) is 5.75 Å². The predicted molar refractivity (Wildman–Crippen MR) is 77.0 cm³/mol. The predicted octanol–water partition coefficient (Wildman–Crippen LogP) is 3.72. The van der Waals surface area contributed by atoms with Gasteiger partial charge in [0.25, 0.3) is 0 Å². The summed E-state index contributed by atoms with van der Waals surface area (Å²) in [6, 6.07) is 11.8. The number of nitro groups is 1. The zero-order valence-electron chi connectivity index (χ0n) is 11.4. The lowest BCUT2D eigenvalue weighted by Gasteiger charge is -2.13. The molecule has 5 nitrogen and oxygen atoms in total. The minimum atomic E-state index is -0.455. The second kappa shape index (κ2) is 5.71. The van der Waals surface area contributed by atoms with Crippen molar-refractivity contribution in [2.45, 2.75) is 19.9 Å². The van der Waals surface area contributed by atoms with Crippen molar-refractivity contribution < 1.29 is 9.66 Å². The van der Waals surface area contributed by atoms with E-state index < -0.39 is 4.92 Å². The summed E-state index contributed by atoms with van der Waals surface area (Å²) in [5.41, 5.74) is 7.52. The molecule has 2 N–H and O–H groups in total. The van der Waals surface area contributed by atoms with Gasteiger partial charge in [-0.2, -0.15) is 0 Å². The Morgan fingerprint density at radius 3 is 2.55 bits per heavy atom. The van der Waals surface area contributed by atoms with Crippen LogP contribution in [0.3, 0.4) is 0 Å². The Morgan fingerprint density at radius 1 is 1.20 bits per heavy atom. The largest absolute Gasteiger partial charge is 0.450 e. The Bertz CT molecular complexity index is 639. The fourth-order valence-corrected chi connectivity index (χ4v) is 1.92. The van der Waals surface area contributed by atoms with Gasteiger partial charge in [-0.25, -0.2) is 0 Å². The molecule has 1 atom stereocenters. The highest BCUT2D eigenvalue weighted by molar-refractivity contribution is 5.51. The first-order valence-corrected chi connectivity index (χ1v) is 6.26. The number of hydrogen-bond acceptors (Lipinski definition) is 4. The van der Waals surface area contributed by atoms with Crippen LogP contribution in [0.15, 0.2) is 42.5 Å². The zero-order valence-corrected chi connectivity index (χ0v) is 11.4. The Balaban J connectivity index is 2.45. The van der Waals surface area contributed by atoms with E-state index in [0.717, 1.165) is 11.1 Å². The van der Waals surface area contributed by atoms with Crippen molar-refractivity contribution in [2.75, 3.05) is 0 Å².